The number of aromatic nitrogens is 2. The molecular weight excluding hydrogens is 434 g/mol. The van der Waals surface area contributed by atoms with Gasteiger partial charge in [0.05, 0.1) is 11.5 Å². The van der Waals surface area contributed by atoms with Gasteiger partial charge in [0.1, 0.15) is 12.0 Å². The number of nitrogens with two attached hydrogens (primary N) is 1. The van der Waals surface area contributed by atoms with E-state index in [0.29, 0.717) is 5.69 Å². The van der Waals surface area contributed by atoms with Gasteiger partial charge in [-0.1, -0.05) is 18.6 Å². The van der Waals surface area contributed by atoms with E-state index in [4.69, 9.17) is 16.1 Å². The number of aliphatic imine (C=N–C) groups is 1. The molecule has 180 valence electrons. The fourth-order valence-electron chi connectivity index (χ4n) is 4.30. The first-order chi connectivity index (χ1) is 16.8. The second-order valence-electron chi connectivity index (χ2n) is 8.91. The Balaban J connectivity index is 1.80. The molecule has 0 bridgehead atoms. The van der Waals surface area contributed by atoms with Crippen molar-refractivity contribution in [3.05, 3.63) is 75.6 Å². The number of allylic oxidation sites excluding steroid dienone is 3. The number of benzene rings is 1. The van der Waals surface area contributed by atoms with Gasteiger partial charge in [0.2, 0.25) is 0 Å². The SMILES string of the molecule is CC/C(C)=c1/c(=C/N=C(C)c2cccnc2NC2NC(C)=CC=C2C)[nH]c2ccc(N)c(C=N)c12. The predicted octanol–water partition coefficient (Wildman–Crippen LogP) is 4.16. The van der Waals surface area contributed by atoms with Crippen molar-refractivity contribution in [2.24, 2.45) is 4.99 Å². The highest BCUT2D eigenvalue weighted by Crippen LogP contribution is 2.20. The number of nitrogens with one attached hydrogen (secondary N) is 4. The maximum absolute atomic E-state index is 7.92. The van der Waals surface area contributed by atoms with Crippen LogP contribution in [0.3, 0.4) is 0 Å². The van der Waals surface area contributed by atoms with E-state index < -0.39 is 0 Å². The number of H-pyrrole nitrogens is 1. The van der Waals surface area contributed by atoms with Gasteiger partial charge in [-0.05, 0) is 70.0 Å². The fraction of sp³-hybridized carbons (Fsp3) is 0.250. The lowest BCUT2D eigenvalue weighted by molar-refractivity contribution is 0.691. The van der Waals surface area contributed by atoms with Gasteiger partial charge in [0, 0.05) is 56.8 Å². The lowest BCUT2D eigenvalue weighted by Gasteiger charge is -2.26. The third-order valence-electron chi connectivity index (χ3n) is 6.46. The van der Waals surface area contributed by atoms with Crippen molar-refractivity contribution in [2.75, 3.05) is 11.1 Å². The number of pyridine rings is 1. The largest absolute Gasteiger partial charge is 0.398 e. The monoisotopic (exact) mass is 467 g/mol. The molecule has 0 saturated carbocycles. The minimum atomic E-state index is -0.0301. The van der Waals surface area contributed by atoms with Crippen molar-refractivity contribution in [3.8, 4) is 0 Å². The third kappa shape index (κ3) is 4.75. The van der Waals surface area contributed by atoms with Gasteiger partial charge in [-0.2, -0.15) is 0 Å². The van der Waals surface area contributed by atoms with E-state index in [1.807, 2.05) is 44.3 Å². The van der Waals surface area contributed by atoms with Crippen molar-refractivity contribution < 1.29 is 0 Å². The van der Waals surface area contributed by atoms with Crippen LogP contribution in [0.15, 0.2) is 58.9 Å². The lowest BCUT2D eigenvalue weighted by atomic mass is 10.0. The zero-order valence-electron chi connectivity index (χ0n) is 21.0. The van der Waals surface area contributed by atoms with Crippen molar-refractivity contribution >= 4 is 46.1 Å². The summed E-state index contributed by atoms with van der Waals surface area (Å²) in [6.07, 6.45) is 10.0. The highest BCUT2D eigenvalue weighted by Gasteiger charge is 2.16. The molecule has 0 aliphatic carbocycles. The standard InChI is InChI=1S/C28H33N7/c1-6-16(2)25-24(34-23-12-11-22(30)21(14-29)26(23)25)15-32-19(5)20-8-7-13-31-28(20)35-27-17(3)9-10-18(4)33-27/h7-15,27,29,33-34H,6,30H2,1-5H3,(H,31,35)/b24-15-,25-16-,29-14?,32-19?. The average molecular weight is 468 g/mol. The van der Waals surface area contributed by atoms with Gasteiger partial charge >= 0.3 is 0 Å². The molecule has 0 radical (unpaired) electrons. The highest BCUT2D eigenvalue weighted by atomic mass is 15.2. The number of nitrogens with zero attached hydrogens (tertiary/aromatic N) is 2. The number of fused-ring (bicyclic) bond motifs is 1. The molecule has 0 spiro atoms. The first-order valence-electron chi connectivity index (χ1n) is 11.8. The Morgan fingerprint density at radius 2 is 2.03 bits per heavy atom. The molecule has 2 aromatic heterocycles. The Morgan fingerprint density at radius 3 is 2.77 bits per heavy atom. The van der Waals surface area contributed by atoms with Crippen molar-refractivity contribution in [1.82, 2.24) is 15.3 Å². The van der Waals surface area contributed by atoms with Crippen LogP contribution in [-0.2, 0) is 0 Å². The maximum Gasteiger partial charge on any atom is 0.136 e. The maximum atomic E-state index is 7.92. The molecule has 3 heterocycles. The highest BCUT2D eigenvalue weighted by molar-refractivity contribution is 6.05. The first kappa shape index (κ1) is 24.0. The summed E-state index contributed by atoms with van der Waals surface area (Å²) in [4.78, 5) is 12.9. The molecule has 4 rings (SSSR count). The molecule has 7 heteroatoms. The van der Waals surface area contributed by atoms with Gasteiger partial charge in [-0.15, -0.1) is 0 Å². The Labute approximate surface area is 205 Å². The topological polar surface area (TPSA) is 115 Å². The molecule has 1 aliphatic rings. The molecule has 1 aliphatic heterocycles. The molecule has 1 atom stereocenters. The van der Waals surface area contributed by atoms with E-state index >= 15 is 0 Å². The molecule has 7 nitrogen and oxygen atoms in total. The summed E-state index contributed by atoms with van der Waals surface area (Å²) in [5, 5.41) is 17.8. The van der Waals surface area contributed by atoms with E-state index in [-0.39, 0.29) is 6.17 Å². The molecule has 0 saturated heterocycles. The second-order valence-corrected chi connectivity index (χ2v) is 8.91. The summed E-state index contributed by atoms with van der Waals surface area (Å²) in [6.45, 7) is 10.4. The summed E-state index contributed by atoms with van der Waals surface area (Å²) in [5.74, 6) is 0.772. The molecule has 1 unspecified atom stereocenters. The summed E-state index contributed by atoms with van der Waals surface area (Å²) in [7, 11) is 0. The Kier molecular flexibility index (Phi) is 6.87. The van der Waals surface area contributed by atoms with E-state index in [1.165, 1.54) is 17.4 Å². The van der Waals surface area contributed by atoms with Gasteiger partial charge < -0.3 is 26.8 Å². The fourth-order valence-corrected chi connectivity index (χ4v) is 4.30. The smallest absolute Gasteiger partial charge is 0.136 e. The quantitative estimate of drug-likeness (QED) is 0.277. The van der Waals surface area contributed by atoms with Crippen molar-refractivity contribution in [3.63, 3.8) is 0 Å². The summed E-state index contributed by atoms with van der Waals surface area (Å²) in [6, 6.07) is 7.74. The van der Waals surface area contributed by atoms with Crippen LogP contribution in [-0.4, -0.2) is 28.1 Å². The Hall–Kier alpha value is -4.13. The zero-order valence-corrected chi connectivity index (χ0v) is 21.0. The van der Waals surface area contributed by atoms with Gasteiger partial charge in [0.25, 0.3) is 0 Å². The first-order valence-corrected chi connectivity index (χ1v) is 11.8. The molecular formula is C28H33N7. The number of nitrogen functional groups attached to an aromatic ring is 1. The lowest BCUT2D eigenvalue weighted by Crippen LogP contribution is -2.38. The summed E-state index contributed by atoms with van der Waals surface area (Å²) >= 11 is 0. The van der Waals surface area contributed by atoms with E-state index in [1.54, 1.807) is 6.20 Å². The minimum absolute atomic E-state index is 0.0301. The van der Waals surface area contributed by atoms with Crippen LogP contribution in [0.2, 0.25) is 0 Å². The van der Waals surface area contributed by atoms with Crippen LogP contribution in [0.25, 0.3) is 22.7 Å². The third-order valence-corrected chi connectivity index (χ3v) is 6.46. The van der Waals surface area contributed by atoms with Gasteiger partial charge in [-0.3, -0.25) is 4.99 Å². The zero-order chi connectivity index (χ0) is 25.1. The van der Waals surface area contributed by atoms with Crippen LogP contribution < -0.4 is 26.9 Å². The minimum Gasteiger partial charge on any atom is -0.398 e. The van der Waals surface area contributed by atoms with Crippen LogP contribution in [0.1, 0.15) is 52.2 Å². The number of anilines is 2. The molecule has 0 amide bonds. The van der Waals surface area contributed by atoms with Crippen molar-refractivity contribution in [2.45, 2.75) is 47.2 Å². The van der Waals surface area contributed by atoms with E-state index in [2.05, 4.69) is 53.5 Å². The summed E-state index contributed by atoms with van der Waals surface area (Å²) < 4.78 is 0. The Morgan fingerprint density at radius 1 is 1.23 bits per heavy atom. The molecule has 35 heavy (non-hydrogen) atoms. The average Bonchev–Trinajstić information content (AvgIpc) is 3.23. The number of hydrogen-bond donors (Lipinski definition) is 5. The van der Waals surface area contributed by atoms with Crippen molar-refractivity contribution in [1.29, 1.82) is 5.41 Å². The van der Waals surface area contributed by atoms with Crippen LogP contribution in [0.5, 0.6) is 0 Å². The van der Waals surface area contributed by atoms with Gasteiger partial charge in [0.15, 0.2) is 0 Å². The molecule has 6 N–H and O–H groups in total. The molecule has 0 fully saturated rings. The second kappa shape index (κ2) is 10.0. The van der Waals surface area contributed by atoms with Gasteiger partial charge in [-0.25, -0.2) is 4.98 Å². The molecule has 1 aromatic carbocycles. The van der Waals surface area contributed by atoms with Crippen LogP contribution in [0, 0.1) is 5.41 Å². The number of rotatable bonds is 6. The summed E-state index contributed by atoms with van der Waals surface area (Å²) in [5.41, 5.74) is 13.7. The number of dihydropyridines is 1. The number of hydrogen-bond acceptors (Lipinski definition) is 6. The van der Waals surface area contributed by atoms with Crippen LogP contribution in [0.4, 0.5) is 11.5 Å². The van der Waals surface area contributed by atoms with E-state index in [9.17, 15) is 0 Å². The Bertz CT molecular complexity index is 1500. The molecule has 3 aromatic rings. The predicted molar refractivity (Wildman–Crippen MR) is 148 cm³/mol. The van der Waals surface area contributed by atoms with Crippen LogP contribution >= 0.6 is 0 Å². The normalized spacial score (nSPS) is 17.6. The number of aromatic amines is 1. The van der Waals surface area contributed by atoms with E-state index in [0.717, 1.165) is 56.2 Å².